The average molecular weight is 591 g/mol. The van der Waals surface area contributed by atoms with E-state index in [2.05, 4.69) is 35.6 Å². The molecule has 3 aromatic heterocycles. The molecule has 5 aromatic rings. The average Bonchev–Trinajstić information content (AvgIpc) is 3.25. The van der Waals surface area contributed by atoms with Crippen molar-refractivity contribution in [3.8, 4) is 22.7 Å². The summed E-state index contributed by atoms with van der Waals surface area (Å²) in [6.07, 6.45) is -1.35. The highest BCUT2D eigenvalue weighted by atomic mass is 19.4. The Morgan fingerprint density at radius 1 is 0.860 bits per heavy atom. The van der Waals surface area contributed by atoms with Gasteiger partial charge in [0, 0.05) is 67.7 Å². The van der Waals surface area contributed by atoms with Crippen molar-refractivity contribution in [2.24, 2.45) is 7.05 Å². The van der Waals surface area contributed by atoms with E-state index in [-0.39, 0.29) is 16.9 Å². The highest BCUT2D eigenvalue weighted by Crippen LogP contribution is 2.39. The third-order valence-corrected chi connectivity index (χ3v) is 8.27. The molecule has 2 aromatic carbocycles. The highest BCUT2D eigenvalue weighted by Gasteiger charge is 2.37. The zero-order valence-corrected chi connectivity index (χ0v) is 24.7. The fourth-order valence-corrected chi connectivity index (χ4v) is 5.87. The number of methoxy groups -OCH3 is 1. The van der Waals surface area contributed by atoms with Crippen LogP contribution in [0.15, 0.2) is 65.7 Å². The number of ether oxygens (including phenoxy) is 1. The Morgan fingerprint density at radius 2 is 1.58 bits per heavy atom. The van der Waals surface area contributed by atoms with Crippen LogP contribution in [0, 0.1) is 0 Å². The van der Waals surface area contributed by atoms with Crippen LogP contribution < -0.4 is 15.3 Å². The van der Waals surface area contributed by atoms with Crippen LogP contribution in [0.25, 0.3) is 38.8 Å². The number of alkyl halides is 3. The van der Waals surface area contributed by atoms with Crippen molar-refractivity contribution in [2.45, 2.75) is 32.5 Å². The summed E-state index contributed by atoms with van der Waals surface area (Å²) in [5, 5.41) is 0.638. The van der Waals surface area contributed by atoms with Crippen LogP contribution >= 0.6 is 0 Å². The number of benzene rings is 2. The number of aryl methyl sites for hydroxylation is 1. The standard InChI is InChI=1S/C32H33F3N6O2/c1-31(2,3)40-14-12-39(13-15-40)26-10-8-22(17-24(26)32(33,34)35)41-29-23-16-20(21-7-11-28(43-5)37-18-21)6-9-25(23)36-19-27(29)38(4)30(41)42/h6-11,16-19H,12-15H2,1-5H3. The number of fused-ring (bicyclic) bond motifs is 3. The quantitative estimate of drug-likeness (QED) is 0.260. The second-order valence-electron chi connectivity index (χ2n) is 11.8. The maximum Gasteiger partial charge on any atom is 0.418 e. The Morgan fingerprint density at radius 3 is 2.21 bits per heavy atom. The normalized spacial score (nSPS) is 15.0. The summed E-state index contributed by atoms with van der Waals surface area (Å²) in [4.78, 5) is 26.5. The predicted molar refractivity (Wildman–Crippen MR) is 162 cm³/mol. The van der Waals surface area contributed by atoms with Gasteiger partial charge in [-0.15, -0.1) is 0 Å². The summed E-state index contributed by atoms with van der Waals surface area (Å²) in [5.41, 5.74) is 2.24. The third-order valence-electron chi connectivity index (χ3n) is 8.27. The first kappa shape index (κ1) is 28.7. The molecule has 1 saturated heterocycles. The van der Waals surface area contributed by atoms with E-state index in [9.17, 15) is 18.0 Å². The van der Waals surface area contributed by atoms with Crippen LogP contribution in [0.2, 0.25) is 0 Å². The molecule has 11 heteroatoms. The zero-order chi connectivity index (χ0) is 30.7. The largest absolute Gasteiger partial charge is 0.481 e. The molecule has 0 saturated carbocycles. The summed E-state index contributed by atoms with van der Waals surface area (Å²) in [6.45, 7) is 8.61. The van der Waals surface area contributed by atoms with Crippen LogP contribution in [0.5, 0.6) is 5.88 Å². The number of imidazole rings is 1. The summed E-state index contributed by atoms with van der Waals surface area (Å²) in [7, 11) is 3.14. The molecule has 1 fully saturated rings. The van der Waals surface area contributed by atoms with Crippen molar-refractivity contribution in [2.75, 3.05) is 38.2 Å². The molecule has 0 spiro atoms. The van der Waals surface area contributed by atoms with Gasteiger partial charge in [-0.25, -0.2) is 9.78 Å². The molecule has 0 amide bonds. The van der Waals surface area contributed by atoms with Crippen LogP contribution in [0.4, 0.5) is 18.9 Å². The number of aromatic nitrogens is 4. The van der Waals surface area contributed by atoms with E-state index in [4.69, 9.17) is 4.74 Å². The second-order valence-corrected chi connectivity index (χ2v) is 11.8. The minimum Gasteiger partial charge on any atom is -0.481 e. The zero-order valence-electron chi connectivity index (χ0n) is 24.7. The van der Waals surface area contributed by atoms with Crippen molar-refractivity contribution >= 4 is 27.6 Å². The molecule has 0 N–H and O–H groups in total. The number of anilines is 1. The van der Waals surface area contributed by atoms with Gasteiger partial charge in [0.05, 0.1) is 41.1 Å². The topological polar surface area (TPSA) is 68.4 Å². The Balaban J connectivity index is 1.50. The van der Waals surface area contributed by atoms with Gasteiger partial charge >= 0.3 is 11.9 Å². The van der Waals surface area contributed by atoms with Gasteiger partial charge in [0.1, 0.15) is 0 Å². The lowest BCUT2D eigenvalue weighted by Crippen LogP contribution is -2.53. The molecule has 0 unspecified atom stereocenters. The lowest BCUT2D eigenvalue weighted by molar-refractivity contribution is -0.137. The molecular weight excluding hydrogens is 557 g/mol. The molecule has 43 heavy (non-hydrogen) atoms. The van der Waals surface area contributed by atoms with Gasteiger partial charge in [0.15, 0.2) is 0 Å². The molecule has 0 bridgehead atoms. The Hall–Kier alpha value is -4.38. The molecular formula is C32H33F3N6O2. The molecule has 4 heterocycles. The molecule has 0 atom stereocenters. The SMILES string of the molecule is COc1ccc(-c2ccc3ncc4c(c3c2)n(-c2ccc(N3CCN(C(C)(C)C)CC3)c(C(F)(F)F)c2)c(=O)n4C)cn1. The van der Waals surface area contributed by atoms with Gasteiger partial charge < -0.3 is 9.64 Å². The molecule has 8 nitrogen and oxygen atoms in total. The number of rotatable bonds is 4. The van der Waals surface area contributed by atoms with Crippen LogP contribution in [0.3, 0.4) is 0 Å². The fourth-order valence-electron chi connectivity index (χ4n) is 5.87. The summed E-state index contributed by atoms with van der Waals surface area (Å²) >= 11 is 0. The maximum absolute atomic E-state index is 14.6. The van der Waals surface area contributed by atoms with E-state index in [1.54, 1.807) is 43.6 Å². The lowest BCUT2D eigenvalue weighted by Gasteiger charge is -2.43. The Bertz CT molecular complexity index is 1880. The van der Waals surface area contributed by atoms with E-state index in [0.29, 0.717) is 54.0 Å². The van der Waals surface area contributed by atoms with E-state index in [1.807, 2.05) is 24.3 Å². The monoisotopic (exact) mass is 590 g/mol. The van der Waals surface area contributed by atoms with Gasteiger partial charge in [-0.1, -0.05) is 6.07 Å². The van der Waals surface area contributed by atoms with Crippen molar-refractivity contribution in [1.82, 2.24) is 24.0 Å². The van der Waals surface area contributed by atoms with Gasteiger partial charge in [-0.3, -0.25) is 19.0 Å². The minimum absolute atomic E-state index is 0.0558. The number of hydrogen-bond acceptors (Lipinski definition) is 6. The summed E-state index contributed by atoms with van der Waals surface area (Å²) in [6, 6.07) is 13.4. The first-order valence-electron chi connectivity index (χ1n) is 14.1. The summed E-state index contributed by atoms with van der Waals surface area (Å²) in [5.74, 6) is 0.477. The minimum atomic E-state index is -4.61. The fraction of sp³-hybridized carbons (Fsp3) is 0.344. The first-order valence-corrected chi connectivity index (χ1v) is 14.1. The van der Waals surface area contributed by atoms with Crippen molar-refractivity contribution in [1.29, 1.82) is 0 Å². The van der Waals surface area contributed by atoms with Crippen molar-refractivity contribution in [3.05, 3.63) is 77.0 Å². The molecule has 1 aliphatic heterocycles. The summed E-state index contributed by atoms with van der Waals surface area (Å²) < 4.78 is 51.7. The molecule has 224 valence electrons. The van der Waals surface area contributed by atoms with E-state index in [1.165, 1.54) is 15.2 Å². The number of hydrogen-bond donors (Lipinski definition) is 0. The number of piperazine rings is 1. The predicted octanol–water partition coefficient (Wildman–Crippen LogP) is 5.89. The Labute approximate surface area is 246 Å². The maximum atomic E-state index is 14.6. The lowest BCUT2D eigenvalue weighted by atomic mass is 10.0. The van der Waals surface area contributed by atoms with Crippen molar-refractivity contribution in [3.63, 3.8) is 0 Å². The van der Waals surface area contributed by atoms with Gasteiger partial charge in [-0.05, 0) is 62.7 Å². The van der Waals surface area contributed by atoms with Crippen LogP contribution in [0.1, 0.15) is 26.3 Å². The van der Waals surface area contributed by atoms with E-state index in [0.717, 1.165) is 17.2 Å². The van der Waals surface area contributed by atoms with E-state index >= 15 is 0 Å². The van der Waals surface area contributed by atoms with Crippen LogP contribution in [-0.2, 0) is 13.2 Å². The molecule has 0 radical (unpaired) electrons. The third kappa shape index (κ3) is 5.11. The molecule has 1 aliphatic rings. The molecule has 6 rings (SSSR count). The highest BCUT2D eigenvalue weighted by molar-refractivity contribution is 6.04. The second kappa shape index (κ2) is 10.4. The number of halogens is 3. The number of pyridine rings is 2. The van der Waals surface area contributed by atoms with Crippen LogP contribution in [-0.4, -0.2) is 62.8 Å². The number of nitrogens with zero attached hydrogens (tertiary/aromatic N) is 6. The van der Waals surface area contributed by atoms with Gasteiger partial charge in [0.2, 0.25) is 5.88 Å². The van der Waals surface area contributed by atoms with Gasteiger partial charge in [0.25, 0.3) is 0 Å². The first-order chi connectivity index (χ1) is 20.4. The smallest absolute Gasteiger partial charge is 0.418 e. The van der Waals surface area contributed by atoms with Crippen molar-refractivity contribution < 1.29 is 17.9 Å². The van der Waals surface area contributed by atoms with E-state index < -0.39 is 17.4 Å². The Kier molecular flexibility index (Phi) is 6.95. The van der Waals surface area contributed by atoms with Gasteiger partial charge in [-0.2, -0.15) is 13.2 Å². The molecule has 0 aliphatic carbocycles.